The second-order valence-corrected chi connectivity index (χ2v) is 8.80. The summed E-state index contributed by atoms with van der Waals surface area (Å²) < 4.78 is 3.51. The van der Waals surface area contributed by atoms with Crippen LogP contribution in [0.3, 0.4) is 0 Å². The van der Waals surface area contributed by atoms with Crippen molar-refractivity contribution < 1.29 is 14.4 Å². The SMILES string of the molecule is CCn1nc(C)cc1C(=O)Nc1nc2cc(C=O)sc2n1C/C=C/CNc1ccc(C(N)=O)cc1. The van der Waals surface area contributed by atoms with E-state index in [1.807, 2.05) is 30.6 Å². The summed E-state index contributed by atoms with van der Waals surface area (Å²) in [6.45, 7) is 5.33. The van der Waals surface area contributed by atoms with Crippen LogP contribution in [0, 0.1) is 6.92 Å². The fraction of sp³-hybridized carbons (Fsp3) is 0.208. The third-order valence-electron chi connectivity index (χ3n) is 5.26. The number of aryl methyl sites for hydroxylation is 2. The number of carbonyl (C=O) groups is 3. The zero-order valence-electron chi connectivity index (χ0n) is 19.3. The van der Waals surface area contributed by atoms with Gasteiger partial charge in [0, 0.05) is 30.9 Å². The second kappa shape index (κ2) is 10.3. The maximum absolute atomic E-state index is 12.9. The average Bonchev–Trinajstić information content (AvgIpc) is 3.51. The van der Waals surface area contributed by atoms with Gasteiger partial charge in [0.1, 0.15) is 16.0 Å². The number of nitrogens with zero attached hydrogens (tertiary/aromatic N) is 4. The van der Waals surface area contributed by atoms with Crippen LogP contribution in [0.15, 0.2) is 48.6 Å². The number of allylic oxidation sites excluding steroid dienone is 1. The number of aldehydes is 1. The minimum atomic E-state index is -0.466. The van der Waals surface area contributed by atoms with Crippen molar-refractivity contribution in [3.63, 3.8) is 0 Å². The lowest BCUT2D eigenvalue weighted by Gasteiger charge is -2.09. The molecule has 0 unspecified atom stereocenters. The zero-order valence-corrected chi connectivity index (χ0v) is 20.1. The Kier molecular flexibility index (Phi) is 7.06. The lowest BCUT2D eigenvalue weighted by molar-refractivity contribution is 0.0996. The van der Waals surface area contributed by atoms with Crippen LogP contribution < -0.4 is 16.4 Å². The molecule has 1 aromatic carbocycles. The number of hydrogen-bond acceptors (Lipinski definition) is 7. The number of hydrogen-bond donors (Lipinski definition) is 3. The molecule has 0 atom stereocenters. The Morgan fingerprint density at radius 2 is 1.94 bits per heavy atom. The summed E-state index contributed by atoms with van der Waals surface area (Å²) in [4.78, 5) is 41.3. The van der Waals surface area contributed by atoms with Gasteiger partial charge in [0.15, 0.2) is 6.29 Å². The summed E-state index contributed by atoms with van der Waals surface area (Å²) in [6, 6.07) is 10.4. The van der Waals surface area contributed by atoms with E-state index in [1.54, 1.807) is 41.1 Å². The number of rotatable bonds is 10. The largest absolute Gasteiger partial charge is 0.382 e. The Labute approximate surface area is 205 Å². The Balaban J connectivity index is 1.48. The highest BCUT2D eigenvalue weighted by Gasteiger charge is 2.19. The molecule has 0 fully saturated rings. The van der Waals surface area contributed by atoms with E-state index in [0.29, 0.717) is 47.2 Å². The molecular formula is C24H25N7O3S. The van der Waals surface area contributed by atoms with Gasteiger partial charge in [0.05, 0.1) is 10.6 Å². The molecule has 0 spiro atoms. The van der Waals surface area contributed by atoms with Crippen LogP contribution in [-0.2, 0) is 13.1 Å². The Bertz CT molecular complexity index is 1410. The van der Waals surface area contributed by atoms with Gasteiger partial charge < -0.3 is 11.1 Å². The Morgan fingerprint density at radius 3 is 2.63 bits per heavy atom. The number of anilines is 2. The standard InChI is InChI=1S/C24H25N7O3S/c1-3-31-20(12-15(2)29-31)22(34)28-24-27-19-13-18(14-32)35-23(19)30(24)11-5-4-10-26-17-8-6-16(7-9-17)21(25)33/h4-9,12-14,26H,3,10-11H2,1-2H3,(H2,25,33)(H,27,28,34)/b5-4+. The van der Waals surface area contributed by atoms with Gasteiger partial charge in [-0.05, 0) is 50.2 Å². The van der Waals surface area contributed by atoms with Crippen molar-refractivity contribution in [3.8, 4) is 0 Å². The second-order valence-electron chi connectivity index (χ2n) is 7.74. The molecule has 0 saturated heterocycles. The maximum atomic E-state index is 12.9. The summed E-state index contributed by atoms with van der Waals surface area (Å²) in [5.74, 6) is -0.367. The summed E-state index contributed by atoms with van der Waals surface area (Å²) in [6.07, 6.45) is 4.69. The molecule has 4 N–H and O–H groups in total. The van der Waals surface area contributed by atoms with Gasteiger partial charge >= 0.3 is 0 Å². The number of nitrogens with two attached hydrogens (primary N) is 1. The van der Waals surface area contributed by atoms with Crippen LogP contribution in [0.4, 0.5) is 11.6 Å². The number of amides is 2. The van der Waals surface area contributed by atoms with Crippen LogP contribution in [-0.4, -0.2) is 44.0 Å². The molecule has 10 nitrogen and oxygen atoms in total. The summed E-state index contributed by atoms with van der Waals surface area (Å²) in [5, 5.41) is 10.5. The molecular weight excluding hydrogens is 466 g/mol. The van der Waals surface area contributed by atoms with Crippen LogP contribution in [0.5, 0.6) is 0 Å². The minimum absolute atomic E-state index is 0.299. The van der Waals surface area contributed by atoms with Crippen molar-refractivity contribution in [2.75, 3.05) is 17.2 Å². The van der Waals surface area contributed by atoms with Gasteiger partial charge in [-0.3, -0.25) is 28.9 Å². The van der Waals surface area contributed by atoms with Crippen molar-refractivity contribution in [1.82, 2.24) is 19.3 Å². The lowest BCUT2D eigenvalue weighted by Crippen LogP contribution is -2.19. The molecule has 0 saturated carbocycles. The predicted octanol–water partition coefficient (Wildman–Crippen LogP) is 3.45. The van der Waals surface area contributed by atoms with E-state index >= 15 is 0 Å². The molecule has 3 heterocycles. The Morgan fingerprint density at radius 1 is 1.17 bits per heavy atom. The summed E-state index contributed by atoms with van der Waals surface area (Å²) >= 11 is 1.32. The van der Waals surface area contributed by atoms with Crippen LogP contribution >= 0.6 is 11.3 Å². The molecule has 0 aliphatic carbocycles. The van der Waals surface area contributed by atoms with Gasteiger partial charge in [-0.2, -0.15) is 5.10 Å². The van der Waals surface area contributed by atoms with E-state index in [4.69, 9.17) is 5.73 Å². The fourth-order valence-corrected chi connectivity index (χ4v) is 4.51. The highest BCUT2D eigenvalue weighted by atomic mass is 32.1. The topological polar surface area (TPSA) is 137 Å². The van der Waals surface area contributed by atoms with Gasteiger partial charge in [-0.15, -0.1) is 11.3 Å². The van der Waals surface area contributed by atoms with Crippen molar-refractivity contribution in [1.29, 1.82) is 0 Å². The molecule has 0 radical (unpaired) electrons. The monoisotopic (exact) mass is 491 g/mol. The van der Waals surface area contributed by atoms with Gasteiger partial charge in [0.2, 0.25) is 11.9 Å². The van der Waals surface area contributed by atoms with E-state index in [9.17, 15) is 14.4 Å². The first-order valence-electron chi connectivity index (χ1n) is 11.0. The number of fused-ring (bicyclic) bond motifs is 1. The number of imidazole rings is 1. The smallest absolute Gasteiger partial charge is 0.276 e. The van der Waals surface area contributed by atoms with Crippen molar-refractivity contribution in [2.24, 2.45) is 5.73 Å². The highest BCUT2D eigenvalue weighted by molar-refractivity contribution is 7.20. The van der Waals surface area contributed by atoms with E-state index in [0.717, 1.165) is 22.5 Å². The number of nitrogens with one attached hydrogen (secondary N) is 2. The summed E-state index contributed by atoms with van der Waals surface area (Å²) in [5.41, 5.74) is 8.44. The molecule has 11 heteroatoms. The number of primary amides is 1. The van der Waals surface area contributed by atoms with Crippen LogP contribution in [0.25, 0.3) is 10.3 Å². The molecule has 180 valence electrons. The van der Waals surface area contributed by atoms with E-state index in [-0.39, 0.29) is 5.91 Å². The number of benzene rings is 1. The fourth-order valence-electron chi connectivity index (χ4n) is 3.58. The molecule has 4 aromatic rings. The van der Waals surface area contributed by atoms with E-state index in [2.05, 4.69) is 20.7 Å². The van der Waals surface area contributed by atoms with E-state index < -0.39 is 5.91 Å². The molecule has 0 aliphatic rings. The van der Waals surface area contributed by atoms with Gasteiger partial charge in [-0.1, -0.05) is 12.2 Å². The Hall–Kier alpha value is -4.25. The lowest BCUT2D eigenvalue weighted by atomic mass is 10.2. The van der Waals surface area contributed by atoms with Crippen molar-refractivity contribution >= 4 is 51.4 Å². The van der Waals surface area contributed by atoms with Gasteiger partial charge in [0.25, 0.3) is 5.91 Å². The third-order valence-corrected chi connectivity index (χ3v) is 6.34. The normalized spacial score (nSPS) is 11.3. The van der Waals surface area contributed by atoms with E-state index in [1.165, 1.54) is 11.3 Å². The van der Waals surface area contributed by atoms with Crippen molar-refractivity contribution in [3.05, 3.63) is 70.4 Å². The molecule has 35 heavy (non-hydrogen) atoms. The molecule has 2 amide bonds. The first-order valence-corrected chi connectivity index (χ1v) is 11.8. The van der Waals surface area contributed by atoms with Crippen LogP contribution in [0.2, 0.25) is 0 Å². The third kappa shape index (κ3) is 5.30. The first kappa shape index (κ1) is 23.9. The number of thiophene rings is 1. The van der Waals surface area contributed by atoms with Gasteiger partial charge in [-0.25, -0.2) is 4.98 Å². The first-order chi connectivity index (χ1) is 16.9. The number of aromatic nitrogens is 4. The molecule has 0 bridgehead atoms. The number of carbonyl (C=O) groups excluding carboxylic acids is 3. The van der Waals surface area contributed by atoms with Crippen LogP contribution in [0.1, 0.15) is 43.1 Å². The average molecular weight is 492 g/mol. The highest BCUT2D eigenvalue weighted by Crippen LogP contribution is 2.28. The zero-order chi connectivity index (χ0) is 24.9. The minimum Gasteiger partial charge on any atom is -0.382 e. The quantitative estimate of drug-likeness (QED) is 0.230. The molecule has 0 aliphatic heterocycles. The molecule has 3 aromatic heterocycles. The predicted molar refractivity (Wildman–Crippen MR) is 136 cm³/mol. The maximum Gasteiger partial charge on any atom is 0.276 e. The molecule has 4 rings (SSSR count). The van der Waals surface area contributed by atoms with Crippen molar-refractivity contribution in [2.45, 2.75) is 26.9 Å². The summed E-state index contributed by atoms with van der Waals surface area (Å²) in [7, 11) is 0.